The summed E-state index contributed by atoms with van der Waals surface area (Å²) in [7, 11) is -7.88. The highest BCUT2D eigenvalue weighted by Crippen LogP contribution is 2.45. The van der Waals surface area contributed by atoms with Crippen molar-refractivity contribution in [3.05, 3.63) is 150 Å². The first kappa shape index (κ1) is 45.9. The van der Waals surface area contributed by atoms with E-state index in [1.807, 2.05) is 49.4 Å². The number of nitriles is 1. The van der Waals surface area contributed by atoms with Crippen LogP contribution in [0.2, 0.25) is 0 Å². The number of imide groups is 1. The predicted octanol–water partition coefficient (Wildman–Crippen LogP) is 7.52. The number of alkyl halides is 3. The molecule has 0 aliphatic carbocycles. The summed E-state index contributed by atoms with van der Waals surface area (Å²) in [5.41, 5.74) is -1.27. The zero-order valence-electron chi connectivity index (χ0n) is 34.4. The fourth-order valence-corrected chi connectivity index (χ4v) is 8.81. The molecule has 5 aromatic rings. The van der Waals surface area contributed by atoms with E-state index in [-0.39, 0.29) is 69.9 Å². The average Bonchev–Trinajstić information content (AvgIpc) is 3.63. The van der Waals surface area contributed by atoms with Crippen LogP contribution >= 0.6 is 0 Å². The van der Waals surface area contributed by atoms with Crippen molar-refractivity contribution in [1.29, 1.82) is 5.26 Å². The second kappa shape index (κ2) is 18.5. The molecule has 2 aliphatic heterocycles. The van der Waals surface area contributed by atoms with Crippen molar-refractivity contribution in [1.82, 2.24) is 4.72 Å². The molecule has 0 spiro atoms. The molecule has 0 saturated carbocycles. The Morgan fingerprint density at radius 3 is 2.17 bits per heavy atom. The van der Waals surface area contributed by atoms with Crippen molar-refractivity contribution in [2.24, 2.45) is 5.14 Å². The molecule has 4 N–H and O–H groups in total. The Labute approximate surface area is 372 Å². The molecule has 334 valence electrons. The molecule has 0 bridgehead atoms. The van der Waals surface area contributed by atoms with Gasteiger partial charge in [-0.3, -0.25) is 14.4 Å². The summed E-state index contributed by atoms with van der Waals surface area (Å²) in [5.74, 6) is -1.83. The second-order valence-electron chi connectivity index (χ2n) is 14.8. The molecular formula is C46H39F3N6O8S2. The van der Waals surface area contributed by atoms with Gasteiger partial charge < -0.3 is 15.0 Å². The molecule has 3 amide bonds. The molecule has 0 radical (unpaired) electrons. The number of unbranched alkanes of at least 4 members (excludes halogenated alkanes) is 1. The van der Waals surface area contributed by atoms with Gasteiger partial charge in [-0.15, -0.1) is 0 Å². The number of nitrogens with two attached hydrogens (primary N) is 1. The van der Waals surface area contributed by atoms with Gasteiger partial charge in [0.2, 0.25) is 31.8 Å². The largest absolute Gasteiger partial charge is 0.438 e. The zero-order chi connectivity index (χ0) is 46.7. The summed E-state index contributed by atoms with van der Waals surface area (Å²) in [4.78, 5) is 43.9. The van der Waals surface area contributed by atoms with E-state index in [0.717, 1.165) is 41.5 Å². The van der Waals surface area contributed by atoms with Crippen LogP contribution in [0.1, 0.15) is 43.7 Å². The van der Waals surface area contributed by atoms with Gasteiger partial charge >= 0.3 is 6.18 Å². The molecule has 0 saturated heterocycles. The lowest BCUT2D eigenvalue weighted by atomic mass is 9.87. The first-order valence-corrected chi connectivity index (χ1v) is 23.1. The van der Waals surface area contributed by atoms with Crippen LogP contribution in [0.3, 0.4) is 0 Å². The smallest absolute Gasteiger partial charge is 0.416 e. The maximum atomic E-state index is 14.6. The Morgan fingerprint density at radius 1 is 0.846 bits per heavy atom. The number of halogens is 3. The molecule has 14 nitrogen and oxygen atoms in total. The molecule has 7 rings (SSSR count). The summed E-state index contributed by atoms with van der Waals surface area (Å²) in [6.07, 6.45) is -0.413. The van der Waals surface area contributed by atoms with Gasteiger partial charge in [-0.1, -0.05) is 55.8 Å². The fraction of sp³-hybridized carbons (Fsp3) is 0.174. The number of carbonyl (C=O) groups is 3. The van der Waals surface area contributed by atoms with E-state index in [1.165, 1.54) is 60.7 Å². The van der Waals surface area contributed by atoms with Crippen molar-refractivity contribution < 1.29 is 49.1 Å². The standard InChI is InChI=1S/C46H39F3N6O8S2/c1-2-3-26-52-65(61,62)35-21-17-33(18-22-35)55-44(57)37(42(38(28-50)45(55)58)30-10-13-31(14-11-30)46(47,48)49)23-25-41-54(39-24-12-29-7-4-5-8-36(29)43(39)63-41)27-6-9-40(56)53-32-15-19-34(20-16-32)64(51,59)60/h4-5,7-8,10-25,52H,2-3,6,9,26-27H2,1H3,(H,53,56)(H2,51,59,60)/b37-23-,41-25-. The molecule has 0 atom stereocenters. The first-order chi connectivity index (χ1) is 30.9. The number of hydrogen-bond acceptors (Lipinski definition) is 10. The molecule has 2 aliphatic rings. The van der Waals surface area contributed by atoms with E-state index in [4.69, 9.17) is 9.88 Å². The number of hydrogen-bond donors (Lipinski definition) is 3. The van der Waals surface area contributed by atoms with Crippen LogP contribution in [0.4, 0.5) is 30.2 Å². The van der Waals surface area contributed by atoms with Crippen molar-refractivity contribution in [2.75, 3.05) is 28.2 Å². The third kappa shape index (κ3) is 9.85. The minimum Gasteiger partial charge on any atom is -0.438 e. The highest BCUT2D eigenvalue weighted by molar-refractivity contribution is 7.89. The van der Waals surface area contributed by atoms with Crippen LogP contribution in [-0.2, 0) is 40.6 Å². The van der Waals surface area contributed by atoms with Gasteiger partial charge in [-0.2, -0.15) is 18.4 Å². The van der Waals surface area contributed by atoms with Crippen molar-refractivity contribution >= 4 is 71.2 Å². The van der Waals surface area contributed by atoms with E-state index in [0.29, 0.717) is 28.4 Å². The topological polar surface area (TPSA) is 209 Å². The summed E-state index contributed by atoms with van der Waals surface area (Å²) >= 11 is 0. The monoisotopic (exact) mass is 924 g/mol. The van der Waals surface area contributed by atoms with Crippen LogP contribution in [0, 0.1) is 11.3 Å². The second-order valence-corrected chi connectivity index (χ2v) is 18.2. The van der Waals surface area contributed by atoms with Crippen molar-refractivity contribution in [3.63, 3.8) is 0 Å². The lowest BCUT2D eigenvalue weighted by molar-refractivity contribution is -0.137. The summed E-state index contributed by atoms with van der Waals surface area (Å²) in [6.45, 7) is 2.27. The van der Waals surface area contributed by atoms with Crippen LogP contribution < -0.4 is 29.7 Å². The third-order valence-corrected chi connectivity index (χ3v) is 12.9. The maximum Gasteiger partial charge on any atom is 0.416 e. The highest BCUT2D eigenvalue weighted by Gasteiger charge is 2.40. The Kier molecular flexibility index (Phi) is 13.1. The molecule has 65 heavy (non-hydrogen) atoms. The molecule has 0 aromatic heterocycles. The van der Waals surface area contributed by atoms with E-state index in [1.54, 1.807) is 4.90 Å². The molecule has 0 fully saturated rings. The van der Waals surface area contributed by atoms with Gasteiger partial charge in [-0.05, 0) is 103 Å². The van der Waals surface area contributed by atoms with Gasteiger partial charge in [0.05, 0.1) is 26.7 Å². The number of carbonyl (C=O) groups excluding carboxylic acids is 3. The van der Waals surface area contributed by atoms with Gasteiger partial charge in [0, 0.05) is 41.7 Å². The number of allylic oxidation sites excluding steroid dienone is 2. The molecule has 5 aromatic carbocycles. The van der Waals surface area contributed by atoms with Gasteiger partial charge in [-0.25, -0.2) is 31.6 Å². The Morgan fingerprint density at radius 2 is 1.52 bits per heavy atom. The van der Waals surface area contributed by atoms with Crippen molar-refractivity contribution in [3.8, 4) is 11.8 Å². The maximum absolute atomic E-state index is 14.6. The number of nitrogens with one attached hydrogen (secondary N) is 2. The van der Waals surface area contributed by atoms with E-state index >= 15 is 0 Å². The Hall–Kier alpha value is -7.11. The highest BCUT2D eigenvalue weighted by atomic mass is 32.2. The fourth-order valence-electron chi connectivity index (χ4n) is 7.22. The number of benzene rings is 5. The number of nitrogens with zero attached hydrogens (tertiary/aromatic N) is 3. The Balaban J connectivity index is 1.27. The minimum atomic E-state index is -4.71. The zero-order valence-corrected chi connectivity index (χ0v) is 36.1. The van der Waals surface area contributed by atoms with E-state index < -0.39 is 49.2 Å². The number of sulfonamides is 2. The van der Waals surface area contributed by atoms with Crippen LogP contribution in [0.15, 0.2) is 148 Å². The molecular weight excluding hydrogens is 886 g/mol. The lowest BCUT2D eigenvalue weighted by Gasteiger charge is -2.29. The number of anilines is 3. The number of rotatable bonds is 14. The lowest BCUT2D eigenvalue weighted by Crippen LogP contribution is -2.43. The van der Waals surface area contributed by atoms with Gasteiger partial charge in [0.1, 0.15) is 11.6 Å². The normalized spacial score (nSPS) is 15.7. The third-order valence-electron chi connectivity index (χ3n) is 10.5. The molecule has 2 heterocycles. The molecule has 19 heteroatoms. The number of primary sulfonamides is 1. The van der Waals surface area contributed by atoms with E-state index in [9.17, 15) is 49.7 Å². The predicted molar refractivity (Wildman–Crippen MR) is 237 cm³/mol. The summed E-state index contributed by atoms with van der Waals surface area (Å²) < 4.78 is 99.0. The quantitative estimate of drug-likeness (QED) is 0.0567. The van der Waals surface area contributed by atoms with Crippen LogP contribution in [0.25, 0.3) is 16.3 Å². The van der Waals surface area contributed by atoms with Crippen LogP contribution in [0.5, 0.6) is 5.75 Å². The first-order valence-electron chi connectivity index (χ1n) is 20.0. The SMILES string of the molecule is CCCCNS(=O)(=O)c1ccc(N2C(=O)C(C#N)=C(c3ccc(C(F)(F)F)cc3)/C(=C/C=C3\Oc4c(ccc5ccccc45)N3CCCC(=O)Nc3ccc(S(N)(=O)=O)cc3)C2=O)cc1. The Bertz CT molecular complexity index is 3070. The number of amides is 3. The van der Waals surface area contributed by atoms with Gasteiger partial charge in [0.25, 0.3) is 11.8 Å². The van der Waals surface area contributed by atoms with Gasteiger partial charge in [0.15, 0.2) is 5.75 Å². The van der Waals surface area contributed by atoms with Crippen LogP contribution in [-0.4, -0.2) is 47.6 Å². The summed E-state index contributed by atoms with van der Waals surface area (Å²) in [6, 6.07) is 26.8. The number of fused-ring (bicyclic) bond motifs is 3. The molecule has 0 unspecified atom stereocenters. The minimum absolute atomic E-state index is 0.00150. The summed E-state index contributed by atoms with van der Waals surface area (Å²) in [5, 5.41) is 19.9. The van der Waals surface area contributed by atoms with Crippen molar-refractivity contribution in [2.45, 2.75) is 48.6 Å². The number of ether oxygens (including phenoxy) is 1. The van der Waals surface area contributed by atoms with E-state index in [2.05, 4.69) is 10.0 Å². The average molecular weight is 925 g/mol.